The van der Waals surface area contributed by atoms with Gasteiger partial charge in [0.25, 0.3) is 5.56 Å². The minimum Gasteiger partial charge on any atom is -0.454 e. The van der Waals surface area contributed by atoms with Crippen molar-refractivity contribution in [1.29, 1.82) is 0 Å². The van der Waals surface area contributed by atoms with E-state index in [-0.39, 0.29) is 12.4 Å². The molecule has 1 aliphatic heterocycles. The van der Waals surface area contributed by atoms with Crippen LogP contribution in [0.1, 0.15) is 0 Å². The van der Waals surface area contributed by atoms with Gasteiger partial charge in [-0.15, -0.1) is 0 Å². The van der Waals surface area contributed by atoms with Gasteiger partial charge in [-0.1, -0.05) is 0 Å². The molecule has 1 aromatic carbocycles. The summed E-state index contributed by atoms with van der Waals surface area (Å²) >= 11 is 0. The SMILES string of the molecule is O=c1[nH]ncn2nc(-c3ccc4c(c3)OCO4)cc12. The number of H-pyrrole nitrogens is 1. The molecular weight excluding hydrogens is 248 g/mol. The number of ether oxygens (including phenoxy) is 2. The Hall–Kier alpha value is -2.83. The van der Waals surface area contributed by atoms with E-state index in [4.69, 9.17) is 9.47 Å². The molecule has 0 atom stereocenters. The van der Waals surface area contributed by atoms with Crippen LogP contribution in [0.25, 0.3) is 16.8 Å². The molecule has 3 aromatic rings. The van der Waals surface area contributed by atoms with Gasteiger partial charge in [0, 0.05) is 5.56 Å². The molecule has 3 heterocycles. The summed E-state index contributed by atoms with van der Waals surface area (Å²) in [7, 11) is 0. The van der Waals surface area contributed by atoms with E-state index in [1.807, 2.05) is 18.2 Å². The molecule has 0 fully saturated rings. The number of benzene rings is 1. The van der Waals surface area contributed by atoms with Crippen molar-refractivity contribution in [2.45, 2.75) is 0 Å². The van der Waals surface area contributed by atoms with Gasteiger partial charge < -0.3 is 9.47 Å². The van der Waals surface area contributed by atoms with Crippen molar-refractivity contribution in [2.75, 3.05) is 6.79 Å². The summed E-state index contributed by atoms with van der Waals surface area (Å²) in [4.78, 5) is 11.6. The lowest BCUT2D eigenvalue weighted by Gasteiger charge is -1.98. The summed E-state index contributed by atoms with van der Waals surface area (Å²) < 4.78 is 12.0. The zero-order chi connectivity index (χ0) is 12.8. The molecule has 1 N–H and O–H groups in total. The maximum absolute atomic E-state index is 11.6. The summed E-state index contributed by atoms with van der Waals surface area (Å²) in [6.07, 6.45) is 1.45. The maximum Gasteiger partial charge on any atom is 0.290 e. The smallest absolute Gasteiger partial charge is 0.290 e. The number of rotatable bonds is 1. The predicted octanol–water partition coefficient (Wildman–Crippen LogP) is 0.813. The molecule has 0 spiro atoms. The highest BCUT2D eigenvalue weighted by atomic mass is 16.7. The molecule has 0 bridgehead atoms. The monoisotopic (exact) mass is 256 g/mol. The predicted molar refractivity (Wildman–Crippen MR) is 65.2 cm³/mol. The van der Waals surface area contributed by atoms with Crippen LogP contribution >= 0.6 is 0 Å². The van der Waals surface area contributed by atoms with Gasteiger partial charge in [0.05, 0.1) is 5.69 Å². The van der Waals surface area contributed by atoms with Crippen molar-refractivity contribution in [1.82, 2.24) is 19.8 Å². The second-order valence-electron chi connectivity index (χ2n) is 4.11. The van der Waals surface area contributed by atoms with Crippen LogP contribution in [-0.2, 0) is 0 Å². The Labute approximate surface area is 106 Å². The number of hydrogen-bond acceptors (Lipinski definition) is 5. The van der Waals surface area contributed by atoms with Crippen molar-refractivity contribution in [3.63, 3.8) is 0 Å². The Morgan fingerprint density at radius 2 is 2.11 bits per heavy atom. The lowest BCUT2D eigenvalue weighted by molar-refractivity contribution is 0.174. The van der Waals surface area contributed by atoms with Gasteiger partial charge >= 0.3 is 0 Å². The third-order valence-electron chi connectivity index (χ3n) is 2.97. The quantitative estimate of drug-likeness (QED) is 0.696. The maximum atomic E-state index is 11.6. The van der Waals surface area contributed by atoms with E-state index in [2.05, 4.69) is 15.3 Å². The molecule has 7 nitrogen and oxygen atoms in total. The van der Waals surface area contributed by atoms with E-state index in [9.17, 15) is 4.79 Å². The first-order valence-corrected chi connectivity index (χ1v) is 5.64. The Bertz CT molecular complexity index is 836. The fraction of sp³-hybridized carbons (Fsp3) is 0.0833. The molecule has 0 saturated carbocycles. The van der Waals surface area contributed by atoms with Gasteiger partial charge in [0.1, 0.15) is 11.8 Å². The minimum absolute atomic E-state index is 0.230. The van der Waals surface area contributed by atoms with Crippen LogP contribution < -0.4 is 15.0 Å². The molecular formula is C12H8N4O3. The first-order valence-electron chi connectivity index (χ1n) is 5.64. The fourth-order valence-corrected chi connectivity index (χ4v) is 2.05. The van der Waals surface area contributed by atoms with Gasteiger partial charge in [-0.3, -0.25) is 4.79 Å². The Morgan fingerprint density at radius 1 is 1.21 bits per heavy atom. The summed E-state index contributed by atoms with van der Waals surface area (Å²) in [6.45, 7) is 0.230. The number of nitrogens with one attached hydrogen (secondary N) is 1. The molecule has 0 radical (unpaired) electrons. The van der Waals surface area contributed by atoms with E-state index < -0.39 is 0 Å². The molecule has 4 rings (SSSR count). The average molecular weight is 256 g/mol. The third-order valence-corrected chi connectivity index (χ3v) is 2.97. The highest BCUT2D eigenvalue weighted by Crippen LogP contribution is 2.35. The lowest BCUT2D eigenvalue weighted by atomic mass is 10.1. The number of aromatic amines is 1. The van der Waals surface area contributed by atoms with E-state index in [0.717, 1.165) is 5.56 Å². The number of fused-ring (bicyclic) bond motifs is 2. The van der Waals surface area contributed by atoms with Crippen molar-refractivity contribution in [3.05, 3.63) is 40.9 Å². The Morgan fingerprint density at radius 3 is 3.00 bits per heavy atom. The highest BCUT2D eigenvalue weighted by Gasteiger charge is 2.15. The summed E-state index contributed by atoms with van der Waals surface area (Å²) in [6, 6.07) is 7.24. The van der Waals surface area contributed by atoms with Crippen molar-refractivity contribution in [2.24, 2.45) is 0 Å². The fourth-order valence-electron chi connectivity index (χ4n) is 2.05. The van der Waals surface area contributed by atoms with Gasteiger partial charge in [-0.05, 0) is 24.3 Å². The molecule has 0 unspecified atom stereocenters. The molecule has 0 aliphatic carbocycles. The molecule has 2 aromatic heterocycles. The van der Waals surface area contributed by atoms with Crippen LogP contribution in [0.4, 0.5) is 0 Å². The van der Waals surface area contributed by atoms with E-state index >= 15 is 0 Å². The first kappa shape index (κ1) is 10.1. The molecule has 0 amide bonds. The van der Waals surface area contributed by atoms with Crippen LogP contribution in [0.2, 0.25) is 0 Å². The largest absolute Gasteiger partial charge is 0.454 e. The standard InChI is InChI=1S/C12H8N4O3/c17-12-9-4-8(15-16(9)5-13-14-12)7-1-2-10-11(3-7)19-6-18-10/h1-5H,6H2,(H,14,17). The number of hydrogen-bond donors (Lipinski definition) is 1. The van der Waals surface area contributed by atoms with Crippen molar-refractivity contribution < 1.29 is 9.47 Å². The first-order chi connectivity index (χ1) is 9.31. The molecule has 19 heavy (non-hydrogen) atoms. The second-order valence-corrected chi connectivity index (χ2v) is 4.11. The minimum atomic E-state index is -0.276. The van der Waals surface area contributed by atoms with E-state index in [1.165, 1.54) is 10.8 Å². The van der Waals surface area contributed by atoms with Crippen LogP contribution in [0.5, 0.6) is 11.5 Å². The summed E-state index contributed by atoms with van der Waals surface area (Å²) in [5.41, 5.74) is 1.70. The number of nitrogens with zero attached hydrogens (tertiary/aromatic N) is 3. The van der Waals surface area contributed by atoms with Crippen LogP contribution in [-0.4, -0.2) is 26.6 Å². The van der Waals surface area contributed by atoms with Crippen molar-refractivity contribution in [3.8, 4) is 22.8 Å². The Kier molecular flexibility index (Phi) is 1.91. The van der Waals surface area contributed by atoms with Crippen molar-refractivity contribution >= 4 is 5.52 Å². The van der Waals surface area contributed by atoms with Gasteiger partial charge in [0.15, 0.2) is 11.5 Å². The zero-order valence-electron chi connectivity index (χ0n) is 9.66. The number of aromatic nitrogens is 4. The van der Waals surface area contributed by atoms with Crippen LogP contribution in [0.3, 0.4) is 0 Å². The second kappa shape index (κ2) is 3.58. The summed E-state index contributed by atoms with van der Waals surface area (Å²) in [5, 5.41) is 10.4. The molecule has 94 valence electrons. The van der Waals surface area contributed by atoms with Crippen LogP contribution in [0, 0.1) is 0 Å². The Balaban J connectivity index is 1.90. The zero-order valence-corrected chi connectivity index (χ0v) is 9.66. The van der Waals surface area contributed by atoms with E-state index in [0.29, 0.717) is 22.7 Å². The highest BCUT2D eigenvalue weighted by molar-refractivity contribution is 5.68. The molecule has 7 heteroatoms. The lowest BCUT2D eigenvalue weighted by Crippen LogP contribution is -2.10. The van der Waals surface area contributed by atoms with E-state index in [1.54, 1.807) is 6.07 Å². The molecule has 0 saturated heterocycles. The average Bonchev–Trinajstić information content (AvgIpc) is 3.04. The van der Waals surface area contributed by atoms with Gasteiger partial charge in [-0.25, -0.2) is 9.61 Å². The molecule has 1 aliphatic rings. The van der Waals surface area contributed by atoms with Gasteiger partial charge in [0.2, 0.25) is 6.79 Å². The summed E-state index contributed by atoms with van der Waals surface area (Å²) in [5.74, 6) is 1.40. The van der Waals surface area contributed by atoms with Crippen LogP contribution in [0.15, 0.2) is 35.4 Å². The topological polar surface area (TPSA) is 81.5 Å². The van der Waals surface area contributed by atoms with Gasteiger partial charge in [-0.2, -0.15) is 10.2 Å². The third kappa shape index (κ3) is 1.48. The normalized spacial score (nSPS) is 13.1.